The second-order valence-corrected chi connectivity index (χ2v) is 3.08. The second-order valence-electron chi connectivity index (χ2n) is 3.08. The molecule has 0 spiro atoms. The average molecular weight is 164 g/mol. The van der Waals surface area contributed by atoms with E-state index in [1.807, 2.05) is 6.92 Å². The lowest BCUT2D eigenvalue weighted by Gasteiger charge is -2.05. The molecule has 0 aliphatic carbocycles. The Balaban J connectivity index is 2.78. The zero-order valence-corrected chi connectivity index (χ0v) is 7.80. The molecule has 0 unspecified atom stereocenters. The molecule has 0 saturated heterocycles. The van der Waals surface area contributed by atoms with Crippen molar-refractivity contribution in [2.24, 2.45) is 0 Å². The summed E-state index contributed by atoms with van der Waals surface area (Å²) in [5.41, 5.74) is 8.16. The van der Waals surface area contributed by atoms with Gasteiger partial charge < -0.3 is 5.73 Å². The molecule has 0 saturated carbocycles. The van der Waals surface area contributed by atoms with Gasteiger partial charge in [-0.1, -0.05) is 13.3 Å². The Morgan fingerprint density at radius 2 is 2.25 bits per heavy atom. The van der Waals surface area contributed by atoms with Gasteiger partial charge in [-0.3, -0.25) is 0 Å². The largest absolute Gasteiger partial charge is 0.383 e. The summed E-state index contributed by atoms with van der Waals surface area (Å²) in [6.07, 6.45) is 5.36. The van der Waals surface area contributed by atoms with Crippen molar-refractivity contribution in [3.8, 4) is 0 Å². The van der Waals surface area contributed by atoms with Crippen LogP contribution in [0.4, 0.5) is 5.82 Å². The van der Waals surface area contributed by atoms with Crippen LogP contribution in [0.15, 0.2) is 12.3 Å². The number of rotatable bonds is 3. The summed E-state index contributed by atoms with van der Waals surface area (Å²) in [5.74, 6) is 0.670. The van der Waals surface area contributed by atoms with Gasteiger partial charge in [0, 0.05) is 6.20 Å². The van der Waals surface area contributed by atoms with Crippen LogP contribution >= 0.6 is 0 Å². The van der Waals surface area contributed by atoms with Gasteiger partial charge in [0.05, 0.1) is 0 Å². The van der Waals surface area contributed by atoms with Crippen LogP contribution in [0.25, 0.3) is 0 Å². The molecule has 0 aliphatic heterocycles. The fourth-order valence-corrected chi connectivity index (χ4v) is 1.23. The van der Waals surface area contributed by atoms with E-state index in [-0.39, 0.29) is 0 Å². The molecule has 1 aromatic rings. The summed E-state index contributed by atoms with van der Waals surface area (Å²) in [7, 11) is 0. The summed E-state index contributed by atoms with van der Waals surface area (Å²) in [4.78, 5) is 4.03. The summed E-state index contributed by atoms with van der Waals surface area (Å²) in [6.45, 7) is 4.23. The topological polar surface area (TPSA) is 38.9 Å². The number of unbranched alkanes of at least 4 members (excludes halogenated alkanes) is 1. The normalized spacial score (nSPS) is 10.2. The van der Waals surface area contributed by atoms with Crippen molar-refractivity contribution in [2.45, 2.75) is 33.1 Å². The SMILES string of the molecule is CCCCc1ccnc(N)c1C. The fraction of sp³-hybridized carbons (Fsp3) is 0.500. The van der Waals surface area contributed by atoms with Gasteiger partial charge in [0.15, 0.2) is 0 Å². The van der Waals surface area contributed by atoms with Crippen LogP contribution in [0.3, 0.4) is 0 Å². The molecule has 0 radical (unpaired) electrons. The first-order valence-electron chi connectivity index (χ1n) is 4.45. The summed E-state index contributed by atoms with van der Waals surface area (Å²) < 4.78 is 0. The molecule has 0 atom stereocenters. The molecule has 12 heavy (non-hydrogen) atoms. The standard InChI is InChI=1S/C10H16N2/c1-3-4-5-9-6-7-12-10(11)8(9)2/h6-7H,3-5H2,1-2H3,(H2,11,12). The number of anilines is 1. The van der Waals surface area contributed by atoms with Crippen molar-refractivity contribution in [1.82, 2.24) is 4.98 Å². The van der Waals surface area contributed by atoms with Crippen LogP contribution in [-0.2, 0) is 6.42 Å². The quantitative estimate of drug-likeness (QED) is 0.744. The first kappa shape index (κ1) is 9.04. The van der Waals surface area contributed by atoms with E-state index in [0.717, 1.165) is 12.0 Å². The Bertz CT molecular complexity index is 256. The molecular formula is C10H16N2. The Labute approximate surface area is 73.8 Å². The van der Waals surface area contributed by atoms with Crippen LogP contribution in [0.2, 0.25) is 0 Å². The zero-order valence-electron chi connectivity index (χ0n) is 7.80. The Morgan fingerprint density at radius 3 is 2.92 bits per heavy atom. The smallest absolute Gasteiger partial charge is 0.126 e. The maximum absolute atomic E-state index is 5.68. The summed E-state index contributed by atoms with van der Waals surface area (Å²) in [5, 5.41) is 0. The number of hydrogen-bond acceptors (Lipinski definition) is 2. The minimum Gasteiger partial charge on any atom is -0.383 e. The van der Waals surface area contributed by atoms with E-state index in [9.17, 15) is 0 Å². The number of aromatic nitrogens is 1. The molecule has 2 nitrogen and oxygen atoms in total. The molecule has 0 fully saturated rings. The average Bonchev–Trinajstić information content (AvgIpc) is 2.08. The van der Waals surface area contributed by atoms with Crippen molar-refractivity contribution in [3.63, 3.8) is 0 Å². The predicted molar refractivity (Wildman–Crippen MR) is 52.0 cm³/mol. The number of nitrogen functional groups attached to an aromatic ring is 1. The van der Waals surface area contributed by atoms with Crippen LogP contribution in [-0.4, -0.2) is 4.98 Å². The van der Waals surface area contributed by atoms with Crippen LogP contribution in [0.5, 0.6) is 0 Å². The highest BCUT2D eigenvalue weighted by Gasteiger charge is 2.00. The molecule has 66 valence electrons. The van der Waals surface area contributed by atoms with E-state index in [1.54, 1.807) is 6.20 Å². The first-order valence-corrected chi connectivity index (χ1v) is 4.45. The zero-order chi connectivity index (χ0) is 8.97. The van der Waals surface area contributed by atoms with Gasteiger partial charge in [0.25, 0.3) is 0 Å². The fourth-order valence-electron chi connectivity index (χ4n) is 1.23. The van der Waals surface area contributed by atoms with Gasteiger partial charge in [-0.2, -0.15) is 0 Å². The Morgan fingerprint density at radius 1 is 1.50 bits per heavy atom. The van der Waals surface area contributed by atoms with E-state index in [1.165, 1.54) is 18.4 Å². The minimum absolute atomic E-state index is 0.670. The third-order valence-electron chi connectivity index (χ3n) is 2.15. The van der Waals surface area contributed by atoms with Gasteiger partial charge in [-0.05, 0) is 37.0 Å². The van der Waals surface area contributed by atoms with Gasteiger partial charge in [0.2, 0.25) is 0 Å². The van der Waals surface area contributed by atoms with Gasteiger partial charge in [-0.25, -0.2) is 4.98 Å². The molecule has 0 bridgehead atoms. The third-order valence-corrected chi connectivity index (χ3v) is 2.15. The Kier molecular flexibility index (Phi) is 3.09. The lowest BCUT2D eigenvalue weighted by Crippen LogP contribution is -1.98. The van der Waals surface area contributed by atoms with E-state index in [0.29, 0.717) is 5.82 Å². The Hall–Kier alpha value is -1.05. The number of hydrogen-bond donors (Lipinski definition) is 1. The molecule has 1 heterocycles. The maximum atomic E-state index is 5.68. The number of pyridine rings is 1. The van der Waals surface area contributed by atoms with Crippen LogP contribution in [0, 0.1) is 6.92 Å². The maximum Gasteiger partial charge on any atom is 0.126 e. The number of nitrogens with two attached hydrogens (primary N) is 1. The molecule has 0 aliphatic rings. The van der Waals surface area contributed by atoms with Crippen molar-refractivity contribution in [2.75, 3.05) is 5.73 Å². The summed E-state index contributed by atoms with van der Waals surface area (Å²) in [6, 6.07) is 2.06. The summed E-state index contributed by atoms with van der Waals surface area (Å²) >= 11 is 0. The lowest BCUT2D eigenvalue weighted by atomic mass is 10.1. The molecule has 2 heteroatoms. The van der Waals surface area contributed by atoms with Crippen molar-refractivity contribution >= 4 is 5.82 Å². The van der Waals surface area contributed by atoms with Crippen LogP contribution < -0.4 is 5.73 Å². The molecule has 1 rings (SSSR count). The van der Waals surface area contributed by atoms with E-state index >= 15 is 0 Å². The molecule has 0 amide bonds. The van der Waals surface area contributed by atoms with Crippen molar-refractivity contribution < 1.29 is 0 Å². The third kappa shape index (κ3) is 1.97. The van der Waals surface area contributed by atoms with E-state index in [2.05, 4.69) is 18.0 Å². The van der Waals surface area contributed by atoms with Crippen molar-refractivity contribution in [3.05, 3.63) is 23.4 Å². The lowest BCUT2D eigenvalue weighted by molar-refractivity contribution is 0.790. The number of aryl methyl sites for hydroxylation is 1. The van der Waals surface area contributed by atoms with Gasteiger partial charge >= 0.3 is 0 Å². The number of nitrogens with zero attached hydrogens (tertiary/aromatic N) is 1. The monoisotopic (exact) mass is 164 g/mol. The second kappa shape index (κ2) is 4.10. The first-order chi connectivity index (χ1) is 5.75. The van der Waals surface area contributed by atoms with Crippen LogP contribution in [0.1, 0.15) is 30.9 Å². The van der Waals surface area contributed by atoms with Crippen molar-refractivity contribution in [1.29, 1.82) is 0 Å². The van der Waals surface area contributed by atoms with Gasteiger partial charge in [0.1, 0.15) is 5.82 Å². The molecule has 0 aromatic carbocycles. The van der Waals surface area contributed by atoms with E-state index in [4.69, 9.17) is 5.73 Å². The predicted octanol–water partition coefficient (Wildman–Crippen LogP) is 2.31. The molecule has 1 aromatic heterocycles. The minimum atomic E-state index is 0.670. The highest BCUT2D eigenvalue weighted by Crippen LogP contribution is 2.14. The highest BCUT2D eigenvalue weighted by atomic mass is 14.8. The molecule has 2 N–H and O–H groups in total. The van der Waals surface area contributed by atoms with Gasteiger partial charge in [-0.15, -0.1) is 0 Å². The van der Waals surface area contributed by atoms with E-state index < -0.39 is 0 Å². The highest BCUT2D eigenvalue weighted by molar-refractivity contribution is 5.43. The molecular weight excluding hydrogens is 148 g/mol.